The van der Waals surface area contributed by atoms with Gasteiger partial charge in [-0.05, 0) is 36.4 Å². The zero-order chi connectivity index (χ0) is 16.1. The molecule has 1 aromatic carbocycles. The van der Waals surface area contributed by atoms with Crippen LogP contribution in [0, 0.1) is 0 Å². The molecule has 0 aliphatic rings. The minimum atomic E-state index is -0.642. The van der Waals surface area contributed by atoms with Crippen LogP contribution < -0.4 is 0 Å². The lowest BCUT2D eigenvalue weighted by atomic mass is 10.1. The summed E-state index contributed by atoms with van der Waals surface area (Å²) in [4.78, 5) is 22.6. The van der Waals surface area contributed by atoms with E-state index < -0.39 is 11.9 Å². The average Bonchev–Trinajstić information content (AvgIpc) is 3.01. The molecule has 0 amide bonds. The highest BCUT2D eigenvalue weighted by molar-refractivity contribution is 5.93. The number of phenolic OH excluding ortho intramolecular Hbond substituents is 1. The van der Waals surface area contributed by atoms with Crippen LogP contribution in [0.4, 0.5) is 0 Å². The highest BCUT2D eigenvalue weighted by Gasteiger charge is 2.14. The first kappa shape index (κ1) is 15.4. The number of hydrogen-bond acceptors (Lipinski definition) is 6. The van der Waals surface area contributed by atoms with Gasteiger partial charge in [0.2, 0.25) is 0 Å². The number of aromatic hydroxyl groups is 1. The molecule has 114 valence electrons. The van der Waals surface area contributed by atoms with Crippen LogP contribution in [0.3, 0.4) is 0 Å². The topological polar surface area (TPSA) is 86.0 Å². The number of esters is 2. The van der Waals surface area contributed by atoms with Crippen molar-refractivity contribution in [2.24, 2.45) is 0 Å². The Balaban J connectivity index is 2.29. The number of carbonyl (C=O) groups excluding carboxylic acids is 2. The summed E-state index contributed by atoms with van der Waals surface area (Å²) in [6.45, 7) is 0. The molecule has 1 aromatic heterocycles. The summed E-state index contributed by atoms with van der Waals surface area (Å²) in [5, 5.41) is 9.67. The van der Waals surface area contributed by atoms with Crippen molar-refractivity contribution < 1.29 is 28.6 Å². The number of benzene rings is 1. The lowest BCUT2D eigenvalue weighted by molar-refractivity contribution is -0.134. The Morgan fingerprint density at radius 1 is 1.14 bits per heavy atom. The molecule has 0 fully saturated rings. The van der Waals surface area contributed by atoms with Gasteiger partial charge in [-0.25, -0.2) is 9.59 Å². The van der Waals surface area contributed by atoms with E-state index in [1.54, 1.807) is 18.2 Å². The third-order valence-corrected chi connectivity index (χ3v) is 2.90. The maximum atomic E-state index is 11.6. The fraction of sp³-hybridized carbons (Fsp3) is 0.125. The Labute approximate surface area is 126 Å². The summed E-state index contributed by atoms with van der Waals surface area (Å²) in [7, 11) is 2.52. The fourth-order valence-corrected chi connectivity index (χ4v) is 1.78. The quantitative estimate of drug-likeness (QED) is 0.690. The Morgan fingerprint density at radius 3 is 2.59 bits per heavy atom. The van der Waals surface area contributed by atoms with Gasteiger partial charge < -0.3 is 19.0 Å². The molecule has 1 heterocycles. The minimum absolute atomic E-state index is 0.0445. The smallest absolute Gasteiger partial charge is 0.341 e. The van der Waals surface area contributed by atoms with Gasteiger partial charge in [0.05, 0.1) is 14.2 Å². The highest BCUT2D eigenvalue weighted by atomic mass is 16.5. The number of phenols is 1. The lowest BCUT2D eigenvalue weighted by Crippen LogP contribution is -2.01. The van der Waals surface area contributed by atoms with E-state index >= 15 is 0 Å². The molecule has 0 saturated heterocycles. The van der Waals surface area contributed by atoms with E-state index in [1.165, 1.54) is 38.5 Å². The summed E-state index contributed by atoms with van der Waals surface area (Å²) in [6.07, 6.45) is 2.70. The lowest BCUT2D eigenvalue weighted by Gasteiger charge is -2.04. The molecule has 0 saturated carbocycles. The van der Waals surface area contributed by atoms with Crippen molar-refractivity contribution in [1.82, 2.24) is 0 Å². The molecular weight excluding hydrogens is 288 g/mol. The van der Waals surface area contributed by atoms with E-state index in [-0.39, 0.29) is 11.3 Å². The maximum absolute atomic E-state index is 11.6. The maximum Gasteiger partial charge on any atom is 0.341 e. The molecule has 0 aliphatic carbocycles. The molecule has 0 atom stereocenters. The Bertz CT molecular complexity index is 726. The van der Waals surface area contributed by atoms with Crippen LogP contribution in [-0.2, 0) is 14.3 Å². The minimum Gasteiger partial charge on any atom is -0.507 e. The summed E-state index contributed by atoms with van der Waals surface area (Å²) in [6, 6.07) is 7.81. The molecule has 2 rings (SSSR count). The van der Waals surface area contributed by atoms with Gasteiger partial charge in [-0.2, -0.15) is 0 Å². The van der Waals surface area contributed by atoms with Gasteiger partial charge in [0.1, 0.15) is 22.8 Å². The Morgan fingerprint density at radius 2 is 1.91 bits per heavy atom. The van der Waals surface area contributed by atoms with Crippen LogP contribution in [0.2, 0.25) is 0 Å². The Kier molecular flexibility index (Phi) is 4.63. The molecule has 6 heteroatoms. The van der Waals surface area contributed by atoms with Gasteiger partial charge in [-0.15, -0.1) is 0 Å². The molecule has 0 aliphatic heterocycles. The van der Waals surface area contributed by atoms with Crippen molar-refractivity contribution in [3.63, 3.8) is 0 Å². The standard InChI is InChI=1S/C16H14O6/c1-20-15(18)8-5-11-4-7-14(22-11)10-3-6-13(17)12(9-10)16(19)21-2/h3-9,17H,1-2H3/b8-5+. The van der Waals surface area contributed by atoms with Gasteiger partial charge in [0.25, 0.3) is 0 Å². The summed E-state index contributed by atoms with van der Waals surface area (Å²) >= 11 is 0. The van der Waals surface area contributed by atoms with Crippen molar-refractivity contribution in [3.05, 3.63) is 47.7 Å². The molecule has 0 radical (unpaired) electrons. The van der Waals surface area contributed by atoms with E-state index in [9.17, 15) is 14.7 Å². The monoisotopic (exact) mass is 302 g/mol. The second-order valence-corrected chi connectivity index (χ2v) is 4.28. The van der Waals surface area contributed by atoms with E-state index in [0.29, 0.717) is 17.1 Å². The first-order valence-corrected chi connectivity index (χ1v) is 6.32. The summed E-state index contributed by atoms with van der Waals surface area (Å²) < 4.78 is 14.6. The second-order valence-electron chi connectivity index (χ2n) is 4.28. The predicted molar refractivity (Wildman–Crippen MR) is 78.2 cm³/mol. The molecule has 2 aromatic rings. The SMILES string of the molecule is COC(=O)/C=C/c1ccc(-c2ccc(O)c(C(=O)OC)c2)o1. The van der Waals surface area contributed by atoms with Crippen molar-refractivity contribution in [3.8, 4) is 17.1 Å². The van der Waals surface area contributed by atoms with Crippen LogP contribution in [0.15, 0.2) is 40.8 Å². The predicted octanol–water partition coefficient (Wildman–Crippen LogP) is 2.63. The first-order valence-electron chi connectivity index (χ1n) is 6.32. The molecule has 0 bridgehead atoms. The summed E-state index contributed by atoms with van der Waals surface area (Å²) in [5.41, 5.74) is 0.638. The molecular formula is C16H14O6. The van der Waals surface area contributed by atoms with Gasteiger partial charge in [0, 0.05) is 11.6 Å². The highest BCUT2D eigenvalue weighted by Crippen LogP contribution is 2.28. The summed E-state index contributed by atoms with van der Waals surface area (Å²) in [5.74, 6) is -0.372. The number of hydrogen-bond donors (Lipinski definition) is 1. The normalized spacial score (nSPS) is 10.6. The fourth-order valence-electron chi connectivity index (χ4n) is 1.78. The molecule has 0 spiro atoms. The van der Waals surface area contributed by atoms with Gasteiger partial charge >= 0.3 is 11.9 Å². The third-order valence-electron chi connectivity index (χ3n) is 2.90. The van der Waals surface area contributed by atoms with Crippen molar-refractivity contribution in [2.75, 3.05) is 14.2 Å². The average molecular weight is 302 g/mol. The van der Waals surface area contributed by atoms with E-state index in [1.807, 2.05) is 0 Å². The van der Waals surface area contributed by atoms with Gasteiger partial charge in [-0.1, -0.05) is 0 Å². The van der Waals surface area contributed by atoms with Crippen LogP contribution in [0.1, 0.15) is 16.1 Å². The molecule has 1 N–H and O–H groups in total. The van der Waals surface area contributed by atoms with Crippen molar-refractivity contribution in [2.45, 2.75) is 0 Å². The third kappa shape index (κ3) is 3.35. The van der Waals surface area contributed by atoms with Crippen LogP contribution in [-0.4, -0.2) is 31.3 Å². The van der Waals surface area contributed by atoms with Gasteiger partial charge in [-0.3, -0.25) is 0 Å². The molecule has 0 unspecified atom stereocenters. The van der Waals surface area contributed by atoms with Crippen LogP contribution >= 0.6 is 0 Å². The van der Waals surface area contributed by atoms with Crippen molar-refractivity contribution in [1.29, 1.82) is 0 Å². The zero-order valence-corrected chi connectivity index (χ0v) is 12.0. The van der Waals surface area contributed by atoms with E-state index in [0.717, 1.165) is 0 Å². The number of rotatable bonds is 4. The van der Waals surface area contributed by atoms with E-state index in [4.69, 9.17) is 4.42 Å². The van der Waals surface area contributed by atoms with Crippen LogP contribution in [0.5, 0.6) is 5.75 Å². The largest absolute Gasteiger partial charge is 0.507 e. The Hall–Kier alpha value is -3.02. The first-order chi connectivity index (χ1) is 10.5. The van der Waals surface area contributed by atoms with Gasteiger partial charge in [0.15, 0.2) is 0 Å². The van der Waals surface area contributed by atoms with Crippen LogP contribution in [0.25, 0.3) is 17.4 Å². The zero-order valence-electron chi connectivity index (χ0n) is 12.0. The van der Waals surface area contributed by atoms with E-state index in [2.05, 4.69) is 9.47 Å². The molecule has 6 nitrogen and oxygen atoms in total. The number of methoxy groups -OCH3 is 2. The van der Waals surface area contributed by atoms with Crippen molar-refractivity contribution >= 4 is 18.0 Å². The number of ether oxygens (including phenoxy) is 2. The second kappa shape index (κ2) is 6.62. The molecule has 22 heavy (non-hydrogen) atoms. The number of furan rings is 1. The number of carbonyl (C=O) groups is 2.